The molecule has 1 aliphatic heterocycles. The molecule has 1 saturated heterocycles. The molecule has 4 heteroatoms. The number of ether oxygens (including phenoxy) is 1. The fraction of sp³-hybridized carbons (Fsp3) is 0.923. The lowest BCUT2D eigenvalue weighted by Crippen LogP contribution is -2.45. The highest BCUT2D eigenvalue weighted by molar-refractivity contribution is 5.81. The molecule has 0 saturated carbocycles. The van der Waals surface area contributed by atoms with Crippen molar-refractivity contribution in [2.45, 2.75) is 39.2 Å². The monoisotopic (exact) mass is 242 g/mol. The second kappa shape index (κ2) is 7.67. The molecule has 1 unspecified atom stereocenters. The lowest BCUT2D eigenvalue weighted by molar-refractivity contribution is -0.123. The van der Waals surface area contributed by atoms with Crippen LogP contribution in [0.4, 0.5) is 0 Å². The van der Waals surface area contributed by atoms with Crippen molar-refractivity contribution in [3.63, 3.8) is 0 Å². The van der Waals surface area contributed by atoms with Crippen molar-refractivity contribution in [1.29, 1.82) is 0 Å². The van der Waals surface area contributed by atoms with Crippen LogP contribution in [0.3, 0.4) is 0 Å². The second-order valence-corrected chi connectivity index (χ2v) is 5.26. The van der Waals surface area contributed by atoms with Gasteiger partial charge in [0.25, 0.3) is 0 Å². The first-order valence-corrected chi connectivity index (χ1v) is 6.66. The first-order chi connectivity index (χ1) is 8.13. The van der Waals surface area contributed by atoms with Crippen molar-refractivity contribution in [1.82, 2.24) is 10.6 Å². The Labute approximate surface area is 104 Å². The average Bonchev–Trinajstić information content (AvgIpc) is 2.34. The number of rotatable bonds is 6. The van der Waals surface area contributed by atoms with Gasteiger partial charge in [0.2, 0.25) is 5.91 Å². The highest BCUT2D eigenvalue weighted by Gasteiger charge is 2.20. The molecule has 2 N–H and O–H groups in total. The van der Waals surface area contributed by atoms with E-state index in [9.17, 15) is 4.79 Å². The second-order valence-electron chi connectivity index (χ2n) is 5.26. The normalized spacial score (nSPS) is 19.3. The van der Waals surface area contributed by atoms with Gasteiger partial charge < -0.3 is 15.4 Å². The number of hydrogen-bond acceptors (Lipinski definition) is 3. The van der Waals surface area contributed by atoms with E-state index in [1.807, 2.05) is 0 Å². The standard InChI is InChI=1S/C13H26N2O2/c1-10(2)8-12(13(16)14-3)15-9-11-4-6-17-7-5-11/h10-12,15H,4-9H2,1-3H3,(H,14,16). The number of carbonyl (C=O) groups excluding carboxylic acids is 1. The first kappa shape index (κ1) is 14.5. The van der Waals surface area contributed by atoms with E-state index in [2.05, 4.69) is 24.5 Å². The van der Waals surface area contributed by atoms with Crippen LogP contribution in [0.25, 0.3) is 0 Å². The van der Waals surface area contributed by atoms with E-state index in [0.29, 0.717) is 11.8 Å². The maximum atomic E-state index is 11.7. The molecule has 1 fully saturated rings. The Kier molecular flexibility index (Phi) is 6.52. The van der Waals surface area contributed by atoms with Gasteiger partial charge in [0.15, 0.2) is 0 Å². The summed E-state index contributed by atoms with van der Waals surface area (Å²) in [6, 6.07) is -0.0529. The molecule has 1 atom stereocenters. The van der Waals surface area contributed by atoms with Crippen LogP contribution < -0.4 is 10.6 Å². The van der Waals surface area contributed by atoms with E-state index in [4.69, 9.17) is 4.74 Å². The minimum atomic E-state index is -0.0529. The van der Waals surface area contributed by atoms with Gasteiger partial charge in [-0.05, 0) is 37.6 Å². The number of amides is 1. The molecule has 0 aromatic heterocycles. The number of carbonyl (C=O) groups is 1. The summed E-state index contributed by atoms with van der Waals surface area (Å²) in [6.45, 7) is 6.94. The van der Waals surface area contributed by atoms with Crippen LogP contribution >= 0.6 is 0 Å². The van der Waals surface area contributed by atoms with E-state index in [-0.39, 0.29) is 11.9 Å². The zero-order valence-corrected chi connectivity index (χ0v) is 11.3. The summed E-state index contributed by atoms with van der Waals surface area (Å²) in [4.78, 5) is 11.7. The van der Waals surface area contributed by atoms with Crippen LogP contribution in [0.1, 0.15) is 33.1 Å². The zero-order chi connectivity index (χ0) is 12.7. The Morgan fingerprint density at radius 1 is 1.35 bits per heavy atom. The smallest absolute Gasteiger partial charge is 0.236 e. The molecule has 0 spiro atoms. The number of hydrogen-bond donors (Lipinski definition) is 2. The summed E-state index contributed by atoms with van der Waals surface area (Å²) in [5.41, 5.74) is 0. The van der Waals surface area contributed by atoms with Crippen LogP contribution in [0, 0.1) is 11.8 Å². The Morgan fingerprint density at radius 3 is 2.53 bits per heavy atom. The average molecular weight is 242 g/mol. The molecule has 100 valence electrons. The Balaban J connectivity index is 2.34. The van der Waals surface area contributed by atoms with Gasteiger partial charge >= 0.3 is 0 Å². The quantitative estimate of drug-likeness (QED) is 0.735. The molecule has 0 aliphatic carbocycles. The maximum absolute atomic E-state index is 11.7. The Hall–Kier alpha value is -0.610. The van der Waals surface area contributed by atoms with E-state index in [1.54, 1.807) is 7.05 Å². The highest BCUT2D eigenvalue weighted by Crippen LogP contribution is 2.14. The predicted molar refractivity (Wildman–Crippen MR) is 68.9 cm³/mol. The van der Waals surface area contributed by atoms with Crippen LogP contribution in [0.2, 0.25) is 0 Å². The molecule has 1 rings (SSSR count). The molecule has 17 heavy (non-hydrogen) atoms. The molecule has 0 aromatic carbocycles. The molecule has 0 aromatic rings. The summed E-state index contributed by atoms with van der Waals surface area (Å²) >= 11 is 0. The van der Waals surface area contributed by atoms with Crippen molar-refractivity contribution in [2.24, 2.45) is 11.8 Å². The molecule has 4 nitrogen and oxygen atoms in total. The van der Waals surface area contributed by atoms with Crippen molar-refractivity contribution in [3.8, 4) is 0 Å². The van der Waals surface area contributed by atoms with Gasteiger partial charge in [0, 0.05) is 20.3 Å². The lowest BCUT2D eigenvalue weighted by atomic mass is 9.98. The summed E-state index contributed by atoms with van der Waals surface area (Å²) in [6.07, 6.45) is 3.10. The van der Waals surface area contributed by atoms with Gasteiger partial charge in [-0.2, -0.15) is 0 Å². The van der Waals surface area contributed by atoms with Gasteiger partial charge in [-0.1, -0.05) is 13.8 Å². The molecule has 1 heterocycles. The summed E-state index contributed by atoms with van der Waals surface area (Å²) in [5, 5.41) is 6.14. The van der Waals surface area contributed by atoms with Crippen LogP contribution in [0.5, 0.6) is 0 Å². The summed E-state index contributed by atoms with van der Waals surface area (Å²) in [7, 11) is 1.70. The Bertz CT molecular complexity index is 225. The van der Waals surface area contributed by atoms with Gasteiger partial charge in [0.05, 0.1) is 6.04 Å². The maximum Gasteiger partial charge on any atom is 0.236 e. The molecular weight excluding hydrogens is 216 g/mol. The van der Waals surface area contributed by atoms with E-state index >= 15 is 0 Å². The largest absolute Gasteiger partial charge is 0.381 e. The SMILES string of the molecule is CNC(=O)C(CC(C)C)NCC1CCOCC1. The molecule has 0 bridgehead atoms. The van der Waals surface area contributed by atoms with Crippen LogP contribution in [0.15, 0.2) is 0 Å². The van der Waals surface area contributed by atoms with Crippen LogP contribution in [-0.2, 0) is 9.53 Å². The zero-order valence-electron chi connectivity index (χ0n) is 11.3. The molecule has 0 radical (unpaired) electrons. The third kappa shape index (κ3) is 5.50. The van der Waals surface area contributed by atoms with Gasteiger partial charge in [-0.3, -0.25) is 4.79 Å². The van der Waals surface area contributed by atoms with Crippen molar-refractivity contribution >= 4 is 5.91 Å². The van der Waals surface area contributed by atoms with E-state index < -0.39 is 0 Å². The topological polar surface area (TPSA) is 50.4 Å². The van der Waals surface area contributed by atoms with Gasteiger partial charge in [0.1, 0.15) is 0 Å². The van der Waals surface area contributed by atoms with E-state index in [0.717, 1.165) is 39.0 Å². The molecule has 1 amide bonds. The number of likely N-dealkylation sites (N-methyl/N-ethyl adjacent to an activating group) is 1. The van der Waals surface area contributed by atoms with Gasteiger partial charge in [-0.25, -0.2) is 0 Å². The predicted octanol–water partition coefficient (Wildman–Crippen LogP) is 1.16. The third-order valence-corrected chi connectivity index (χ3v) is 3.26. The first-order valence-electron chi connectivity index (χ1n) is 6.66. The third-order valence-electron chi connectivity index (χ3n) is 3.26. The van der Waals surface area contributed by atoms with Crippen LogP contribution in [-0.4, -0.2) is 38.8 Å². The fourth-order valence-corrected chi connectivity index (χ4v) is 2.19. The summed E-state index contributed by atoms with van der Waals surface area (Å²) in [5.74, 6) is 1.29. The Morgan fingerprint density at radius 2 is 2.00 bits per heavy atom. The lowest BCUT2D eigenvalue weighted by Gasteiger charge is -2.25. The fourth-order valence-electron chi connectivity index (χ4n) is 2.19. The highest BCUT2D eigenvalue weighted by atomic mass is 16.5. The van der Waals surface area contributed by atoms with Crippen molar-refractivity contribution in [3.05, 3.63) is 0 Å². The molecule has 1 aliphatic rings. The minimum absolute atomic E-state index is 0.0529. The van der Waals surface area contributed by atoms with E-state index in [1.165, 1.54) is 0 Å². The van der Waals surface area contributed by atoms with Crippen molar-refractivity contribution in [2.75, 3.05) is 26.8 Å². The molecular formula is C13H26N2O2. The number of nitrogens with one attached hydrogen (secondary N) is 2. The summed E-state index contributed by atoms with van der Waals surface area (Å²) < 4.78 is 5.33. The van der Waals surface area contributed by atoms with Crippen molar-refractivity contribution < 1.29 is 9.53 Å². The van der Waals surface area contributed by atoms with Gasteiger partial charge in [-0.15, -0.1) is 0 Å². The minimum Gasteiger partial charge on any atom is -0.381 e.